The van der Waals surface area contributed by atoms with Crippen molar-refractivity contribution in [1.82, 2.24) is 10.2 Å². The van der Waals surface area contributed by atoms with E-state index in [0.717, 1.165) is 31.7 Å². The van der Waals surface area contributed by atoms with Gasteiger partial charge in [0.2, 0.25) is 0 Å². The summed E-state index contributed by atoms with van der Waals surface area (Å²) < 4.78 is 0. The first kappa shape index (κ1) is 16.7. The summed E-state index contributed by atoms with van der Waals surface area (Å²) in [5.74, 6) is -0.275. The summed E-state index contributed by atoms with van der Waals surface area (Å²) in [5, 5.41) is 12.6. The quantitative estimate of drug-likeness (QED) is 0.858. The van der Waals surface area contributed by atoms with Gasteiger partial charge in [0.05, 0.1) is 5.56 Å². The highest BCUT2D eigenvalue weighted by atomic mass is 16.4. The van der Waals surface area contributed by atoms with Gasteiger partial charge >= 0.3 is 5.97 Å². The Morgan fingerprint density at radius 1 is 1.08 bits per heavy atom. The van der Waals surface area contributed by atoms with Gasteiger partial charge in [0, 0.05) is 32.2 Å². The normalized spacial score (nSPS) is 21.0. The topological polar surface area (TPSA) is 52.6 Å². The van der Waals surface area contributed by atoms with E-state index in [1.807, 2.05) is 12.1 Å². The summed E-state index contributed by atoms with van der Waals surface area (Å²) in [6, 6.07) is 18.2. The van der Waals surface area contributed by atoms with Crippen LogP contribution in [0.1, 0.15) is 28.4 Å². The smallest absolute Gasteiger partial charge is 0.335 e. The van der Waals surface area contributed by atoms with E-state index < -0.39 is 5.97 Å². The lowest BCUT2D eigenvalue weighted by molar-refractivity contribution is 0.0697. The molecular formula is C20H24N2O2. The molecule has 2 aromatic carbocycles. The van der Waals surface area contributed by atoms with Crippen molar-refractivity contribution < 1.29 is 9.90 Å². The predicted octanol–water partition coefficient (Wildman–Crippen LogP) is 2.99. The molecule has 4 heteroatoms. The van der Waals surface area contributed by atoms with Gasteiger partial charge in [-0.15, -0.1) is 0 Å². The summed E-state index contributed by atoms with van der Waals surface area (Å²) in [4.78, 5) is 13.4. The van der Waals surface area contributed by atoms with Gasteiger partial charge in [-0.1, -0.05) is 49.4 Å². The van der Waals surface area contributed by atoms with E-state index in [-0.39, 0.29) is 0 Å². The summed E-state index contributed by atoms with van der Waals surface area (Å²) in [7, 11) is 0. The molecule has 1 aliphatic heterocycles. The molecule has 1 aliphatic rings. The van der Waals surface area contributed by atoms with Gasteiger partial charge in [0.25, 0.3) is 0 Å². The zero-order valence-corrected chi connectivity index (χ0v) is 14.0. The number of hydrogen-bond donors (Lipinski definition) is 2. The van der Waals surface area contributed by atoms with Crippen LogP contribution in [0, 0.1) is 5.92 Å². The van der Waals surface area contributed by atoms with Crippen LogP contribution in [0.25, 0.3) is 0 Å². The summed E-state index contributed by atoms with van der Waals surface area (Å²) in [6.45, 7) is 6.20. The highest BCUT2D eigenvalue weighted by molar-refractivity contribution is 5.87. The van der Waals surface area contributed by atoms with Gasteiger partial charge in [-0.05, 0) is 29.2 Å². The van der Waals surface area contributed by atoms with Gasteiger partial charge in [-0.25, -0.2) is 4.79 Å². The molecular weight excluding hydrogens is 300 g/mol. The van der Waals surface area contributed by atoms with Gasteiger partial charge in [-0.2, -0.15) is 0 Å². The molecule has 1 fully saturated rings. The molecule has 1 heterocycles. The average molecular weight is 324 g/mol. The maximum Gasteiger partial charge on any atom is 0.335 e. The van der Waals surface area contributed by atoms with Gasteiger partial charge < -0.3 is 10.4 Å². The lowest BCUT2D eigenvalue weighted by Gasteiger charge is -2.17. The van der Waals surface area contributed by atoms with E-state index in [1.165, 1.54) is 5.56 Å². The number of carbonyl (C=O) groups is 1. The van der Waals surface area contributed by atoms with E-state index in [2.05, 4.69) is 47.5 Å². The van der Waals surface area contributed by atoms with E-state index in [0.29, 0.717) is 17.5 Å². The number of hydrogen-bond acceptors (Lipinski definition) is 3. The number of carboxylic acids is 1. The van der Waals surface area contributed by atoms with E-state index >= 15 is 0 Å². The maximum absolute atomic E-state index is 10.9. The zero-order chi connectivity index (χ0) is 16.9. The molecule has 2 N–H and O–H groups in total. The van der Waals surface area contributed by atoms with Crippen molar-refractivity contribution in [2.24, 2.45) is 5.92 Å². The van der Waals surface area contributed by atoms with Gasteiger partial charge in [-0.3, -0.25) is 4.90 Å². The second-order valence-corrected chi connectivity index (χ2v) is 6.65. The first-order chi connectivity index (χ1) is 11.6. The average Bonchev–Trinajstić information content (AvgIpc) is 2.93. The fraction of sp³-hybridized carbons (Fsp3) is 0.350. The van der Waals surface area contributed by atoms with Crippen molar-refractivity contribution in [3.05, 3.63) is 71.3 Å². The Kier molecular flexibility index (Phi) is 5.28. The molecule has 3 rings (SSSR count). The van der Waals surface area contributed by atoms with Crippen LogP contribution in [0.5, 0.6) is 0 Å². The SMILES string of the molecule is CC1CN(Cc2ccccc2)CC1NCc1ccc(C(=O)O)cc1. The molecule has 0 radical (unpaired) electrons. The maximum atomic E-state index is 10.9. The monoisotopic (exact) mass is 324 g/mol. The first-order valence-corrected chi connectivity index (χ1v) is 8.43. The van der Waals surface area contributed by atoms with Crippen LogP contribution >= 0.6 is 0 Å². The van der Waals surface area contributed by atoms with Gasteiger partial charge in [0.1, 0.15) is 0 Å². The third-order valence-electron chi connectivity index (χ3n) is 4.71. The van der Waals surface area contributed by atoms with Crippen LogP contribution in [0.4, 0.5) is 0 Å². The third-order valence-corrected chi connectivity index (χ3v) is 4.71. The minimum Gasteiger partial charge on any atom is -0.478 e. The standard InChI is InChI=1S/C20H24N2O2/c1-15-12-22(13-17-5-3-2-4-6-17)14-19(15)21-11-16-7-9-18(10-8-16)20(23)24/h2-10,15,19,21H,11-14H2,1H3,(H,23,24). The lowest BCUT2D eigenvalue weighted by Crippen LogP contribution is -2.35. The van der Waals surface area contributed by atoms with Crippen LogP contribution in [0.15, 0.2) is 54.6 Å². The number of aromatic carboxylic acids is 1. The van der Waals surface area contributed by atoms with Crippen molar-refractivity contribution in [3.63, 3.8) is 0 Å². The number of nitrogens with zero attached hydrogens (tertiary/aromatic N) is 1. The van der Waals surface area contributed by atoms with Crippen LogP contribution < -0.4 is 5.32 Å². The Morgan fingerprint density at radius 2 is 1.79 bits per heavy atom. The van der Waals surface area contributed by atoms with E-state index in [1.54, 1.807) is 12.1 Å². The van der Waals surface area contributed by atoms with Crippen molar-refractivity contribution in [3.8, 4) is 0 Å². The molecule has 24 heavy (non-hydrogen) atoms. The molecule has 0 aromatic heterocycles. The summed E-state index contributed by atoms with van der Waals surface area (Å²) in [5.41, 5.74) is 2.81. The highest BCUT2D eigenvalue weighted by Crippen LogP contribution is 2.19. The zero-order valence-electron chi connectivity index (χ0n) is 14.0. The van der Waals surface area contributed by atoms with Crippen molar-refractivity contribution >= 4 is 5.97 Å². The largest absolute Gasteiger partial charge is 0.478 e. The second-order valence-electron chi connectivity index (χ2n) is 6.65. The van der Waals surface area contributed by atoms with Crippen LogP contribution in [-0.4, -0.2) is 35.1 Å². The number of rotatable bonds is 6. The summed E-state index contributed by atoms with van der Waals surface area (Å²) >= 11 is 0. The van der Waals surface area contributed by atoms with Crippen LogP contribution in [0.3, 0.4) is 0 Å². The predicted molar refractivity (Wildman–Crippen MR) is 94.9 cm³/mol. The highest BCUT2D eigenvalue weighted by Gasteiger charge is 2.28. The van der Waals surface area contributed by atoms with Crippen LogP contribution in [0.2, 0.25) is 0 Å². The number of likely N-dealkylation sites (tertiary alicyclic amines) is 1. The van der Waals surface area contributed by atoms with E-state index in [9.17, 15) is 4.79 Å². The molecule has 2 atom stereocenters. The molecule has 1 saturated heterocycles. The molecule has 0 amide bonds. The Balaban J connectivity index is 1.51. The number of nitrogens with one attached hydrogen (secondary N) is 1. The van der Waals surface area contributed by atoms with Crippen molar-refractivity contribution in [1.29, 1.82) is 0 Å². The van der Waals surface area contributed by atoms with Gasteiger partial charge in [0.15, 0.2) is 0 Å². The molecule has 4 nitrogen and oxygen atoms in total. The fourth-order valence-corrected chi connectivity index (χ4v) is 3.32. The molecule has 0 aliphatic carbocycles. The number of benzene rings is 2. The molecule has 2 unspecified atom stereocenters. The third kappa shape index (κ3) is 4.22. The molecule has 126 valence electrons. The van der Waals surface area contributed by atoms with Crippen molar-refractivity contribution in [2.45, 2.75) is 26.1 Å². The Morgan fingerprint density at radius 3 is 2.46 bits per heavy atom. The molecule has 2 aromatic rings. The van der Waals surface area contributed by atoms with Crippen molar-refractivity contribution in [2.75, 3.05) is 13.1 Å². The van der Waals surface area contributed by atoms with E-state index in [4.69, 9.17) is 5.11 Å². The summed E-state index contributed by atoms with van der Waals surface area (Å²) in [6.07, 6.45) is 0. The molecule has 0 spiro atoms. The Bertz CT molecular complexity index is 670. The van der Waals surface area contributed by atoms with Crippen LogP contribution in [-0.2, 0) is 13.1 Å². The Hall–Kier alpha value is -2.17. The Labute approximate surface area is 143 Å². The molecule has 0 bridgehead atoms. The molecule has 0 saturated carbocycles. The minimum atomic E-state index is -0.879. The number of carboxylic acid groups (broad SMARTS) is 1. The lowest BCUT2D eigenvalue weighted by atomic mass is 10.1. The minimum absolute atomic E-state index is 0.335. The first-order valence-electron chi connectivity index (χ1n) is 8.43. The fourth-order valence-electron chi connectivity index (χ4n) is 3.32. The second kappa shape index (κ2) is 7.60.